The van der Waals surface area contributed by atoms with Crippen molar-refractivity contribution in [2.75, 3.05) is 11.9 Å². The number of aliphatic hydroxyl groups excluding tert-OH is 1. The van der Waals surface area contributed by atoms with Crippen LogP contribution in [0.15, 0.2) is 18.2 Å². The van der Waals surface area contributed by atoms with Crippen LogP contribution in [0.4, 0.5) is 5.69 Å². The van der Waals surface area contributed by atoms with Gasteiger partial charge in [-0.2, -0.15) is 0 Å². The van der Waals surface area contributed by atoms with Gasteiger partial charge in [-0.15, -0.1) is 0 Å². The first-order valence-corrected chi connectivity index (χ1v) is 5.86. The van der Waals surface area contributed by atoms with Crippen LogP contribution < -0.4 is 5.32 Å². The molecule has 17 heavy (non-hydrogen) atoms. The van der Waals surface area contributed by atoms with Crippen molar-refractivity contribution in [3.8, 4) is 0 Å². The summed E-state index contributed by atoms with van der Waals surface area (Å²) in [4.78, 5) is 11.1. The zero-order chi connectivity index (χ0) is 12.8. The van der Waals surface area contributed by atoms with E-state index in [2.05, 4.69) is 5.32 Å². The molecule has 94 valence electrons. The fraction of sp³-hybridized carbons (Fsp3) is 0.417. The standard InChI is InChI=1S/C12H16ClNO3/c1-2-9(5-6-15)14-11-4-3-8(13)7-10(11)12(16)17/h3-4,7,9,14-15H,2,5-6H2,1H3,(H,16,17). The van der Waals surface area contributed by atoms with Crippen LogP contribution >= 0.6 is 11.6 Å². The van der Waals surface area contributed by atoms with E-state index in [-0.39, 0.29) is 18.2 Å². The molecular weight excluding hydrogens is 242 g/mol. The van der Waals surface area contributed by atoms with Crippen LogP contribution in [-0.4, -0.2) is 28.8 Å². The van der Waals surface area contributed by atoms with Crippen molar-refractivity contribution in [2.24, 2.45) is 0 Å². The third kappa shape index (κ3) is 3.91. The van der Waals surface area contributed by atoms with Gasteiger partial charge in [0.05, 0.1) is 5.56 Å². The van der Waals surface area contributed by atoms with Crippen LogP contribution in [0.5, 0.6) is 0 Å². The molecule has 0 aliphatic rings. The van der Waals surface area contributed by atoms with Crippen LogP contribution in [0.2, 0.25) is 5.02 Å². The summed E-state index contributed by atoms with van der Waals surface area (Å²) in [6, 6.07) is 4.75. The zero-order valence-electron chi connectivity index (χ0n) is 9.61. The Labute approximate surface area is 105 Å². The Hall–Kier alpha value is -1.26. The van der Waals surface area contributed by atoms with Gasteiger partial charge in [0, 0.05) is 23.4 Å². The topological polar surface area (TPSA) is 69.6 Å². The third-order valence-corrected chi connectivity index (χ3v) is 2.78. The molecule has 1 unspecified atom stereocenters. The number of rotatable bonds is 6. The SMILES string of the molecule is CCC(CCO)Nc1ccc(Cl)cc1C(=O)O. The first-order chi connectivity index (χ1) is 8.08. The van der Waals surface area contributed by atoms with E-state index < -0.39 is 5.97 Å². The molecule has 1 rings (SSSR count). The van der Waals surface area contributed by atoms with Gasteiger partial charge in [-0.3, -0.25) is 0 Å². The van der Waals surface area contributed by atoms with Gasteiger partial charge in [0.1, 0.15) is 0 Å². The number of benzene rings is 1. The highest BCUT2D eigenvalue weighted by atomic mass is 35.5. The molecule has 1 aromatic carbocycles. The lowest BCUT2D eigenvalue weighted by atomic mass is 10.1. The molecule has 0 saturated carbocycles. The Balaban J connectivity index is 2.92. The Morgan fingerprint density at radius 1 is 1.53 bits per heavy atom. The average molecular weight is 258 g/mol. The highest BCUT2D eigenvalue weighted by molar-refractivity contribution is 6.31. The van der Waals surface area contributed by atoms with Crippen molar-refractivity contribution < 1.29 is 15.0 Å². The molecule has 3 N–H and O–H groups in total. The number of hydrogen-bond donors (Lipinski definition) is 3. The summed E-state index contributed by atoms with van der Waals surface area (Å²) in [6.07, 6.45) is 1.39. The zero-order valence-corrected chi connectivity index (χ0v) is 10.4. The summed E-state index contributed by atoms with van der Waals surface area (Å²) in [5, 5.41) is 21.4. The van der Waals surface area contributed by atoms with E-state index in [1.54, 1.807) is 12.1 Å². The van der Waals surface area contributed by atoms with Gasteiger partial charge in [0.2, 0.25) is 0 Å². The van der Waals surface area contributed by atoms with E-state index in [0.717, 1.165) is 6.42 Å². The number of carboxylic acids is 1. The number of aromatic carboxylic acids is 1. The minimum Gasteiger partial charge on any atom is -0.478 e. The summed E-state index contributed by atoms with van der Waals surface area (Å²) in [5.74, 6) is -1.02. The van der Waals surface area contributed by atoms with Crippen molar-refractivity contribution in [3.05, 3.63) is 28.8 Å². The number of nitrogens with one attached hydrogen (secondary N) is 1. The fourth-order valence-corrected chi connectivity index (χ4v) is 1.75. The third-order valence-electron chi connectivity index (χ3n) is 2.54. The number of anilines is 1. The van der Waals surface area contributed by atoms with Crippen molar-refractivity contribution in [1.82, 2.24) is 0 Å². The molecule has 0 bridgehead atoms. The summed E-state index contributed by atoms with van der Waals surface area (Å²) in [6.45, 7) is 2.05. The van der Waals surface area contributed by atoms with Gasteiger partial charge < -0.3 is 15.5 Å². The molecule has 0 aliphatic heterocycles. The van der Waals surface area contributed by atoms with E-state index in [9.17, 15) is 4.79 Å². The fourth-order valence-electron chi connectivity index (χ4n) is 1.57. The first kappa shape index (κ1) is 13.8. The molecule has 0 fully saturated rings. The Morgan fingerprint density at radius 2 is 2.24 bits per heavy atom. The summed E-state index contributed by atoms with van der Waals surface area (Å²) >= 11 is 5.76. The van der Waals surface area contributed by atoms with Crippen LogP contribution in [0.3, 0.4) is 0 Å². The maximum atomic E-state index is 11.1. The van der Waals surface area contributed by atoms with E-state index in [1.807, 2.05) is 6.92 Å². The van der Waals surface area contributed by atoms with Crippen molar-refractivity contribution >= 4 is 23.3 Å². The lowest BCUT2D eigenvalue weighted by Gasteiger charge is -2.18. The molecule has 5 heteroatoms. The predicted molar refractivity (Wildman–Crippen MR) is 67.8 cm³/mol. The van der Waals surface area contributed by atoms with Gasteiger partial charge in [0.15, 0.2) is 0 Å². The normalized spacial score (nSPS) is 12.2. The average Bonchev–Trinajstić information content (AvgIpc) is 2.30. The summed E-state index contributed by atoms with van der Waals surface area (Å²) in [7, 11) is 0. The van der Waals surface area contributed by atoms with E-state index in [4.69, 9.17) is 21.8 Å². The second-order valence-electron chi connectivity index (χ2n) is 3.76. The molecule has 0 saturated heterocycles. The Morgan fingerprint density at radius 3 is 2.76 bits per heavy atom. The number of halogens is 1. The first-order valence-electron chi connectivity index (χ1n) is 5.48. The van der Waals surface area contributed by atoms with Crippen LogP contribution in [0.25, 0.3) is 0 Å². The van der Waals surface area contributed by atoms with Crippen molar-refractivity contribution in [3.63, 3.8) is 0 Å². The largest absolute Gasteiger partial charge is 0.478 e. The van der Waals surface area contributed by atoms with Crippen molar-refractivity contribution in [2.45, 2.75) is 25.8 Å². The second-order valence-corrected chi connectivity index (χ2v) is 4.19. The number of aliphatic hydroxyl groups is 1. The molecule has 0 heterocycles. The lowest BCUT2D eigenvalue weighted by molar-refractivity contribution is 0.0698. The molecule has 0 aliphatic carbocycles. The monoisotopic (exact) mass is 257 g/mol. The molecule has 1 aromatic rings. The molecule has 0 spiro atoms. The van der Waals surface area contributed by atoms with Crippen LogP contribution in [0.1, 0.15) is 30.1 Å². The molecule has 0 radical (unpaired) electrons. The van der Waals surface area contributed by atoms with Gasteiger partial charge in [-0.1, -0.05) is 18.5 Å². The molecule has 0 amide bonds. The highest BCUT2D eigenvalue weighted by Crippen LogP contribution is 2.22. The summed E-state index contributed by atoms with van der Waals surface area (Å²) < 4.78 is 0. The van der Waals surface area contributed by atoms with E-state index in [0.29, 0.717) is 17.1 Å². The number of carbonyl (C=O) groups is 1. The van der Waals surface area contributed by atoms with Gasteiger partial charge >= 0.3 is 5.97 Å². The maximum Gasteiger partial charge on any atom is 0.337 e. The van der Waals surface area contributed by atoms with Gasteiger partial charge in [-0.05, 0) is 31.0 Å². The second kappa shape index (κ2) is 6.47. The molecule has 0 aromatic heterocycles. The minimum atomic E-state index is -1.02. The number of carboxylic acid groups (broad SMARTS) is 1. The highest BCUT2D eigenvalue weighted by Gasteiger charge is 2.13. The number of hydrogen-bond acceptors (Lipinski definition) is 3. The van der Waals surface area contributed by atoms with E-state index >= 15 is 0 Å². The summed E-state index contributed by atoms with van der Waals surface area (Å²) in [5.41, 5.74) is 0.677. The van der Waals surface area contributed by atoms with Crippen LogP contribution in [-0.2, 0) is 0 Å². The van der Waals surface area contributed by atoms with Gasteiger partial charge in [0.25, 0.3) is 0 Å². The smallest absolute Gasteiger partial charge is 0.337 e. The quantitative estimate of drug-likeness (QED) is 0.733. The maximum absolute atomic E-state index is 11.1. The molecular formula is C12H16ClNO3. The van der Waals surface area contributed by atoms with Gasteiger partial charge in [-0.25, -0.2) is 4.79 Å². The Kier molecular flexibility index (Phi) is 5.25. The molecule has 4 nitrogen and oxygen atoms in total. The minimum absolute atomic E-state index is 0.0549. The predicted octanol–water partition coefficient (Wildman–Crippen LogP) is 2.61. The van der Waals surface area contributed by atoms with Crippen LogP contribution in [0, 0.1) is 0 Å². The molecule has 1 atom stereocenters. The Bertz CT molecular complexity index is 395. The van der Waals surface area contributed by atoms with E-state index in [1.165, 1.54) is 6.07 Å². The lowest BCUT2D eigenvalue weighted by Crippen LogP contribution is -2.21. The van der Waals surface area contributed by atoms with Crippen molar-refractivity contribution in [1.29, 1.82) is 0 Å².